The first kappa shape index (κ1) is 15.6. The van der Waals surface area contributed by atoms with Crippen LogP contribution in [-0.2, 0) is 5.41 Å². The lowest BCUT2D eigenvalue weighted by atomic mass is 9.46. The van der Waals surface area contributed by atoms with Crippen molar-refractivity contribution >= 4 is 15.9 Å². The third kappa shape index (κ3) is 3.22. The van der Waals surface area contributed by atoms with E-state index in [0.717, 1.165) is 6.54 Å². The summed E-state index contributed by atoms with van der Waals surface area (Å²) < 4.78 is 1.19. The van der Waals surface area contributed by atoms with Gasteiger partial charge in [-0.15, -0.1) is 0 Å². The van der Waals surface area contributed by atoms with Crippen molar-refractivity contribution in [2.75, 3.05) is 6.54 Å². The number of halogens is 1. The molecule has 0 bridgehead atoms. The summed E-state index contributed by atoms with van der Waals surface area (Å²) in [4.78, 5) is 0. The Hall–Kier alpha value is -0.340. The Morgan fingerprint density at radius 3 is 2.24 bits per heavy atom. The molecule has 21 heavy (non-hydrogen) atoms. The van der Waals surface area contributed by atoms with E-state index in [4.69, 9.17) is 0 Å². The second kappa shape index (κ2) is 6.04. The van der Waals surface area contributed by atoms with Gasteiger partial charge in [-0.05, 0) is 48.8 Å². The van der Waals surface area contributed by atoms with E-state index in [1.165, 1.54) is 55.0 Å². The minimum Gasteiger partial charge on any atom is -0.314 e. The van der Waals surface area contributed by atoms with Crippen LogP contribution in [0.3, 0.4) is 0 Å². The monoisotopic (exact) mass is 349 g/mol. The van der Waals surface area contributed by atoms with Gasteiger partial charge in [-0.25, -0.2) is 0 Å². The molecule has 0 amide bonds. The SMILES string of the molecule is CC(C)NCC1(c2ccc(Br)cc2)CC2(CCCCC2)C1. The molecule has 3 rings (SSSR count). The molecule has 0 atom stereocenters. The van der Waals surface area contributed by atoms with Crippen molar-refractivity contribution in [2.24, 2.45) is 5.41 Å². The van der Waals surface area contributed by atoms with Crippen molar-refractivity contribution in [3.8, 4) is 0 Å². The third-order valence-corrected chi connectivity index (χ3v) is 6.17. The zero-order chi connectivity index (χ0) is 14.9. The van der Waals surface area contributed by atoms with Crippen molar-refractivity contribution < 1.29 is 0 Å². The van der Waals surface area contributed by atoms with Crippen molar-refractivity contribution in [1.82, 2.24) is 5.32 Å². The smallest absolute Gasteiger partial charge is 0.0175 e. The van der Waals surface area contributed by atoms with E-state index in [0.29, 0.717) is 16.9 Å². The number of benzene rings is 1. The summed E-state index contributed by atoms with van der Waals surface area (Å²) in [6, 6.07) is 9.65. The predicted octanol–water partition coefficient (Wildman–Crippen LogP) is 5.43. The van der Waals surface area contributed by atoms with Crippen LogP contribution in [0.1, 0.15) is 64.4 Å². The highest BCUT2D eigenvalue weighted by atomic mass is 79.9. The molecule has 1 aromatic carbocycles. The summed E-state index contributed by atoms with van der Waals surface area (Å²) >= 11 is 3.57. The van der Waals surface area contributed by atoms with Gasteiger partial charge in [0.25, 0.3) is 0 Å². The van der Waals surface area contributed by atoms with E-state index >= 15 is 0 Å². The molecular weight excluding hydrogens is 322 g/mol. The minimum absolute atomic E-state index is 0.377. The van der Waals surface area contributed by atoms with Crippen LogP contribution in [0.5, 0.6) is 0 Å². The molecule has 2 saturated carbocycles. The Bertz CT molecular complexity index is 463. The van der Waals surface area contributed by atoms with E-state index in [2.05, 4.69) is 59.4 Å². The van der Waals surface area contributed by atoms with E-state index in [-0.39, 0.29) is 0 Å². The van der Waals surface area contributed by atoms with Gasteiger partial charge in [0, 0.05) is 22.5 Å². The molecule has 0 aliphatic heterocycles. The number of hydrogen-bond donors (Lipinski definition) is 1. The minimum atomic E-state index is 0.377. The topological polar surface area (TPSA) is 12.0 Å². The lowest BCUT2D eigenvalue weighted by Crippen LogP contribution is -2.56. The zero-order valence-electron chi connectivity index (χ0n) is 13.4. The quantitative estimate of drug-likeness (QED) is 0.764. The fourth-order valence-corrected chi connectivity index (χ4v) is 4.94. The summed E-state index contributed by atoms with van der Waals surface area (Å²) in [6.45, 7) is 5.64. The highest BCUT2D eigenvalue weighted by Gasteiger charge is 2.54. The van der Waals surface area contributed by atoms with Crippen LogP contribution in [0.2, 0.25) is 0 Å². The van der Waals surface area contributed by atoms with Gasteiger partial charge in [-0.2, -0.15) is 0 Å². The Morgan fingerprint density at radius 1 is 1.05 bits per heavy atom. The first-order valence-corrected chi connectivity index (χ1v) is 9.33. The molecule has 1 aromatic rings. The van der Waals surface area contributed by atoms with Crippen molar-refractivity contribution in [3.63, 3.8) is 0 Å². The maximum Gasteiger partial charge on any atom is 0.0175 e. The molecule has 2 heteroatoms. The summed E-state index contributed by atoms with van der Waals surface area (Å²) in [6.07, 6.45) is 10.1. The van der Waals surface area contributed by atoms with Gasteiger partial charge >= 0.3 is 0 Å². The summed E-state index contributed by atoms with van der Waals surface area (Å²) in [5, 5.41) is 3.71. The summed E-state index contributed by atoms with van der Waals surface area (Å²) in [5.74, 6) is 0. The third-order valence-electron chi connectivity index (χ3n) is 5.65. The average Bonchev–Trinajstić information content (AvgIpc) is 2.44. The average molecular weight is 350 g/mol. The summed E-state index contributed by atoms with van der Waals surface area (Å²) in [5.41, 5.74) is 2.58. The molecule has 0 radical (unpaired) electrons. The fourth-order valence-electron chi connectivity index (χ4n) is 4.67. The molecular formula is C19H28BrN. The molecule has 1 nitrogen and oxygen atoms in total. The predicted molar refractivity (Wildman–Crippen MR) is 93.7 cm³/mol. The van der Waals surface area contributed by atoms with Gasteiger partial charge in [0.2, 0.25) is 0 Å². The van der Waals surface area contributed by atoms with Gasteiger partial charge in [-0.1, -0.05) is 61.2 Å². The van der Waals surface area contributed by atoms with Crippen molar-refractivity contribution in [2.45, 2.75) is 70.3 Å². The van der Waals surface area contributed by atoms with Gasteiger partial charge in [0.05, 0.1) is 0 Å². The number of hydrogen-bond acceptors (Lipinski definition) is 1. The van der Waals surface area contributed by atoms with Gasteiger partial charge < -0.3 is 5.32 Å². The van der Waals surface area contributed by atoms with Gasteiger partial charge in [-0.3, -0.25) is 0 Å². The molecule has 116 valence electrons. The van der Waals surface area contributed by atoms with Gasteiger partial charge in [0.15, 0.2) is 0 Å². The maximum atomic E-state index is 3.71. The Kier molecular flexibility index (Phi) is 4.47. The highest BCUT2D eigenvalue weighted by Crippen LogP contribution is 2.61. The van der Waals surface area contributed by atoms with Crippen molar-refractivity contribution in [1.29, 1.82) is 0 Å². The highest BCUT2D eigenvalue weighted by molar-refractivity contribution is 9.10. The standard InChI is InChI=1S/C19H28BrN/c1-15(2)21-14-19(16-6-8-17(20)9-7-16)12-18(13-19)10-4-3-5-11-18/h6-9,15,21H,3-5,10-14H2,1-2H3. The lowest BCUT2D eigenvalue weighted by molar-refractivity contribution is -0.0136. The molecule has 2 aliphatic rings. The normalized spacial score (nSPS) is 23.2. The van der Waals surface area contributed by atoms with Crippen LogP contribution in [0.15, 0.2) is 28.7 Å². The number of rotatable bonds is 4. The summed E-state index contributed by atoms with van der Waals surface area (Å²) in [7, 11) is 0. The zero-order valence-corrected chi connectivity index (χ0v) is 15.0. The van der Waals surface area contributed by atoms with Crippen LogP contribution in [-0.4, -0.2) is 12.6 Å². The second-order valence-electron chi connectivity index (χ2n) is 7.74. The van der Waals surface area contributed by atoms with Crippen LogP contribution in [0, 0.1) is 5.41 Å². The molecule has 0 unspecified atom stereocenters. The van der Waals surface area contributed by atoms with Crippen molar-refractivity contribution in [3.05, 3.63) is 34.3 Å². The largest absolute Gasteiger partial charge is 0.314 e. The Labute approximate surface area is 138 Å². The molecule has 1 spiro atoms. The molecule has 0 aromatic heterocycles. The molecule has 1 N–H and O–H groups in total. The first-order valence-electron chi connectivity index (χ1n) is 8.53. The number of nitrogens with one attached hydrogen (secondary N) is 1. The molecule has 2 aliphatic carbocycles. The van der Waals surface area contributed by atoms with E-state index in [9.17, 15) is 0 Å². The van der Waals surface area contributed by atoms with Crippen LogP contribution < -0.4 is 5.32 Å². The van der Waals surface area contributed by atoms with Gasteiger partial charge in [0.1, 0.15) is 0 Å². The Morgan fingerprint density at radius 2 is 1.67 bits per heavy atom. The second-order valence-corrected chi connectivity index (χ2v) is 8.65. The Balaban J connectivity index is 1.78. The van der Waals surface area contributed by atoms with E-state index in [1.54, 1.807) is 0 Å². The van der Waals surface area contributed by atoms with E-state index < -0.39 is 0 Å². The molecule has 2 fully saturated rings. The van der Waals surface area contributed by atoms with Crippen LogP contribution in [0.25, 0.3) is 0 Å². The molecule has 0 saturated heterocycles. The molecule has 0 heterocycles. The van der Waals surface area contributed by atoms with Crippen LogP contribution >= 0.6 is 15.9 Å². The maximum absolute atomic E-state index is 3.71. The first-order chi connectivity index (χ1) is 10.0. The van der Waals surface area contributed by atoms with Crippen LogP contribution in [0.4, 0.5) is 0 Å². The fraction of sp³-hybridized carbons (Fsp3) is 0.684. The van der Waals surface area contributed by atoms with E-state index in [1.807, 2.05) is 0 Å². The lowest BCUT2D eigenvalue weighted by Gasteiger charge is -2.59.